The Labute approximate surface area is 130 Å². The highest BCUT2D eigenvalue weighted by Crippen LogP contribution is 2.24. The summed E-state index contributed by atoms with van der Waals surface area (Å²) in [6.45, 7) is 5.92. The molecule has 0 spiro atoms. The summed E-state index contributed by atoms with van der Waals surface area (Å²) in [5, 5.41) is 0. The van der Waals surface area contributed by atoms with Gasteiger partial charge in [0.2, 0.25) is 0 Å². The molecule has 0 N–H and O–H groups in total. The number of hydrogen-bond acceptors (Lipinski definition) is 2. The van der Waals surface area contributed by atoms with Gasteiger partial charge in [-0.15, -0.1) is 0 Å². The van der Waals surface area contributed by atoms with E-state index in [9.17, 15) is 4.79 Å². The van der Waals surface area contributed by atoms with E-state index >= 15 is 0 Å². The van der Waals surface area contributed by atoms with E-state index in [1.807, 2.05) is 17.0 Å². The molecular weight excluding hydrogens is 318 g/mol. The first-order valence-corrected chi connectivity index (χ1v) is 8.06. The molecule has 1 amide bonds. The van der Waals surface area contributed by atoms with Crippen LogP contribution in [0.3, 0.4) is 0 Å². The third-order valence-corrected chi connectivity index (χ3v) is 3.95. The van der Waals surface area contributed by atoms with Gasteiger partial charge in [-0.2, -0.15) is 0 Å². The summed E-state index contributed by atoms with van der Waals surface area (Å²) in [5.41, 5.74) is 0.677. The van der Waals surface area contributed by atoms with Crippen molar-refractivity contribution in [3.8, 4) is 5.75 Å². The Morgan fingerprint density at radius 3 is 2.30 bits per heavy atom. The molecule has 0 aromatic heterocycles. The normalized spacial score (nSPS) is 10.4. The molecule has 0 atom stereocenters. The van der Waals surface area contributed by atoms with Crippen LogP contribution in [0.2, 0.25) is 0 Å². The number of carbonyl (C=O) groups excluding carboxylic acids is 1. The van der Waals surface area contributed by atoms with Crippen LogP contribution >= 0.6 is 15.9 Å². The molecule has 0 saturated carbocycles. The lowest BCUT2D eigenvalue weighted by atomic mass is 10.1. The summed E-state index contributed by atoms with van der Waals surface area (Å²) in [4.78, 5) is 14.6. The SMILES string of the molecule is CCCCN(CCCC)C(=O)c1cc(OC)ccc1Br. The molecule has 1 aromatic rings. The van der Waals surface area contributed by atoms with Crippen LogP contribution in [0.15, 0.2) is 22.7 Å². The molecule has 0 saturated heterocycles. The minimum absolute atomic E-state index is 0.0812. The van der Waals surface area contributed by atoms with Crippen molar-refractivity contribution < 1.29 is 9.53 Å². The van der Waals surface area contributed by atoms with Gasteiger partial charge in [-0.3, -0.25) is 4.79 Å². The second-order valence-electron chi connectivity index (χ2n) is 4.85. The number of ether oxygens (including phenoxy) is 1. The summed E-state index contributed by atoms with van der Waals surface area (Å²) in [6, 6.07) is 5.52. The highest BCUT2D eigenvalue weighted by atomic mass is 79.9. The molecule has 20 heavy (non-hydrogen) atoms. The minimum atomic E-state index is 0.0812. The molecule has 1 rings (SSSR count). The maximum absolute atomic E-state index is 12.7. The number of nitrogens with zero attached hydrogens (tertiary/aromatic N) is 1. The summed E-state index contributed by atoms with van der Waals surface area (Å²) >= 11 is 3.46. The van der Waals surface area contributed by atoms with Crippen molar-refractivity contribution in [2.75, 3.05) is 20.2 Å². The number of methoxy groups -OCH3 is 1. The Morgan fingerprint density at radius 2 is 1.80 bits per heavy atom. The van der Waals surface area contributed by atoms with Crippen molar-refractivity contribution >= 4 is 21.8 Å². The van der Waals surface area contributed by atoms with E-state index in [1.165, 1.54) is 0 Å². The van der Waals surface area contributed by atoms with E-state index in [4.69, 9.17) is 4.74 Å². The molecule has 0 bridgehead atoms. The van der Waals surface area contributed by atoms with E-state index in [-0.39, 0.29) is 5.91 Å². The second kappa shape index (κ2) is 9.01. The number of unbranched alkanes of at least 4 members (excludes halogenated alkanes) is 2. The lowest BCUT2D eigenvalue weighted by Crippen LogP contribution is -2.33. The molecular formula is C16H24BrNO2. The molecule has 0 fully saturated rings. The van der Waals surface area contributed by atoms with Crippen LogP contribution in [-0.2, 0) is 0 Å². The number of hydrogen-bond donors (Lipinski definition) is 0. The predicted molar refractivity (Wildman–Crippen MR) is 86.4 cm³/mol. The zero-order valence-corrected chi connectivity index (χ0v) is 14.2. The Balaban J connectivity index is 2.91. The van der Waals surface area contributed by atoms with E-state index in [1.54, 1.807) is 13.2 Å². The first kappa shape index (κ1) is 17.0. The summed E-state index contributed by atoms with van der Waals surface area (Å²) < 4.78 is 6.03. The number of amides is 1. The number of rotatable bonds is 8. The predicted octanol–water partition coefficient (Wildman–Crippen LogP) is 4.50. The quantitative estimate of drug-likeness (QED) is 0.696. The number of carbonyl (C=O) groups is 1. The largest absolute Gasteiger partial charge is 0.497 e. The standard InChI is InChI=1S/C16H24BrNO2/c1-4-6-10-18(11-7-5-2)16(19)14-12-13(20-3)8-9-15(14)17/h8-9,12H,4-7,10-11H2,1-3H3. The van der Waals surface area contributed by atoms with Crippen LogP contribution in [0, 0.1) is 0 Å². The molecule has 0 aliphatic heterocycles. The maximum Gasteiger partial charge on any atom is 0.255 e. The third-order valence-electron chi connectivity index (χ3n) is 3.25. The van der Waals surface area contributed by atoms with Crippen molar-refractivity contribution in [2.45, 2.75) is 39.5 Å². The molecule has 0 aliphatic carbocycles. The van der Waals surface area contributed by atoms with Crippen LogP contribution in [0.25, 0.3) is 0 Å². The summed E-state index contributed by atoms with van der Waals surface area (Å²) in [5.74, 6) is 0.792. The maximum atomic E-state index is 12.7. The summed E-state index contributed by atoms with van der Waals surface area (Å²) in [7, 11) is 1.61. The Morgan fingerprint density at radius 1 is 1.20 bits per heavy atom. The van der Waals surface area contributed by atoms with Gasteiger partial charge in [0.15, 0.2) is 0 Å². The van der Waals surface area contributed by atoms with Crippen LogP contribution in [0.4, 0.5) is 0 Å². The van der Waals surface area contributed by atoms with Gasteiger partial charge >= 0.3 is 0 Å². The van der Waals surface area contributed by atoms with Crippen LogP contribution in [0.5, 0.6) is 5.75 Å². The monoisotopic (exact) mass is 341 g/mol. The first-order chi connectivity index (χ1) is 9.63. The fourth-order valence-electron chi connectivity index (χ4n) is 1.98. The lowest BCUT2D eigenvalue weighted by Gasteiger charge is -2.23. The van der Waals surface area contributed by atoms with Crippen molar-refractivity contribution in [2.24, 2.45) is 0 Å². The smallest absolute Gasteiger partial charge is 0.255 e. The average molecular weight is 342 g/mol. The number of benzene rings is 1. The van der Waals surface area contributed by atoms with Gasteiger partial charge in [0.1, 0.15) is 5.75 Å². The van der Waals surface area contributed by atoms with Crippen LogP contribution < -0.4 is 4.74 Å². The molecule has 0 radical (unpaired) electrons. The van der Waals surface area contributed by atoms with Crippen molar-refractivity contribution in [1.29, 1.82) is 0 Å². The molecule has 112 valence electrons. The molecule has 3 nitrogen and oxygen atoms in total. The molecule has 0 unspecified atom stereocenters. The van der Waals surface area contributed by atoms with Gasteiger partial charge < -0.3 is 9.64 Å². The van der Waals surface area contributed by atoms with Crippen molar-refractivity contribution in [1.82, 2.24) is 4.90 Å². The fourth-order valence-corrected chi connectivity index (χ4v) is 2.39. The van der Waals surface area contributed by atoms with Gasteiger partial charge in [-0.1, -0.05) is 26.7 Å². The molecule has 1 aromatic carbocycles. The lowest BCUT2D eigenvalue weighted by molar-refractivity contribution is 0.0749. The van der Waals surface area contributed by atoms with E-state index < -0.39 is 0 Å². The first-order valence-electron chi connectivity index (χ1n) is 7.26. The van der Waals surface area contributed by atoms with Gasteiger partial charge in [-0.05, 0) is 47.0 Å². The Hall–Kier alpha value is -1.03. The van der Waals surface area contributed by atoms with E-state index in [2.05, 4.69) is 29.8 Å². The fraction of sp³-hybridized carbons (Fsp3) is 0.562. The van der Waals surface area contributed by atoms with Gasteiger partial charge in [0.05, 0.1) is 12.7 Å². The third kappa shape index (κ3) is 4.82. The minimum Gasteiger partial charge on any atom is -0.497 e. The van der Waals surface area contributed by atoms with Crippen LogP contribution in [0.1, 0.15) is 49.9 Å². The highest BCUT2D eigenvalue weighted by Gasteiger charge is 2.18. The highest BCUT2D eigenvalue weighted by molar-refractivity contribution is 9.10. The zero-order valence-electron chi connectivity index (χ0n) is 12.6. The molecule has 0 heterocycles. The van der Waals surface area contributed by atoms with Gasteiger partial charge in [-0.25, -0.2) is 0 Å². The topological polar surface area (TPSA) is 29.5 Å². The van der Waals surface area contributed by atoms with Crippen molar-refractivity contribution in [3.63, 3.8) is 0 Å². The van der Waals surface area contributed by atoms with E-state index in [0.717, 1.165) is 43.2 Å². The van der Waals surface area contributed by atoms with Gasteiger partial charge in [0.25, 0.3) is 5.91 Å². The molecule has 4 heteroatoms. The molecule has 0 aliphatic rings. The van der Waals surface area contributed by atoms with E-state index in [0.29, 0.717) is 11.3 Å². The Kier molecular flexibility index (Phi) is 7.67. The zero-order chi connectivity index (χ0) is 15.0. The summed E-state index contributed by atoms with van der Waals surface area (Å²) in [6.07, 6.45) is 4.26. The van der Waals surface area contributed by atoms with Gasteiger partial charge in [0, 0.05) is 17.6 Å². The Bertz CT molecular complexity index is 426. The average Bonchev–Trinajstić information content (AvgIpc) is 2.47. The van der Waals surface area contributed by atoms with Crippen LogP contribution in [-0.4, -0.2) is 31.0 Å². The van der Waals surface area contributed by atoms with Crippen molar-refractivity contribution in [3.05, 3.63) is 28.2 Å². The number of halogens is 1. The second-order valence-corrected chi connectivity index (χ2v) is 5.70.